The summed E-state index contributed by atoms with van der Waals surface area (Å²) in [5.41, 5.74) is 2.04. The third-order valence-electron chi connectivity index (χ3n) is 6.66. The zero-order valence-corrected chi connectivity index (χ0v) is 23.0. The maximum absolute atomic E-state index is 13.4. The van der Waals surface area contributed by atoms with Crippen LogP contribution in [0.1, 0.15) is 35.6 Å². The predicted octanol–water partition coefficient (Wildman–Crippen LogP) is 3.05. The largest absolute Gasteiger partial charge is 0.480 e. The highest BCUT2D eigenvalue weighted by molar-refractivity contribution is 8.26. The SMILES string of the molecule is CCCn1c(N2CCN(Cc3ccccc3)CC2)c(C=C2SC(=S)N(CC(=O)O)C2=O)c(C)c(C#N)c1=O. The van der Waals surface area contributed by atoms with Gasteiger partial charge in [0.05, 0.1) is 4.91 Å². The molecule has 2 aliphatic heterocycles. The second-order valence-electron chi connectivity index (χ2n) is 9.22. The average Bonchev–Trinajstić information content (AvgIpc) is 3.15. The topological polar surface area (TPSA) is 110 Å². The Labute approximate surface area is 230 Å². The summed E-state index contributed by atoms with van der Waals surface area (Å²) in [6.07, 6.45) is 2.35. The second-order valence-corrected chi connectivity index (χ2v) is 10.9. The number of nitrogens with zero attached hydrogens (tertiary/aromatic N) is 5. The maximum atomic E-state index is 13.4. The first kappa shape index (κ1) is 27.6. The number of carbonyl (C=O) groups excluding carboxylic acids is 1. The van der Waals surface area contributed by atoms with E-state index in [1.807, 2.05) is 25.1 Å². The standard InChI is InChI=1S/C27H29N5O4S2/c1-3-9-31-24(30-12-10-29(11-13-30)16-19-7-5-4-6-8-19)20(18(2)21(15-28)25(31)35)14-22-26(36)32(17-23(33)34)27(37)38-22/h4-8,14H,3,9-13,16-17H2,1-2H3,(H,33,34). The lowest BCUT2D eigenvalue weighted by atomic mass is 10.0. The molecule has 38 heavy (non-hydrogen) atoms. The van der Waals surface area contributed by atoms with Crippen LogP contribution in [0, 0.1) is 18.3 Å². The zero-order valence-electron chi connectivity index (χ0n) is 21.3. The zero-order chi connectivity index (χ0) is 27.4. The van der Waals surface area contributed by atoms with Crippen LogP contribution in [0.15, 0.2) is 40.0 Å². The Morgan fingerprint density at radius 2 is 1.87 bits per heavy atom. The Bertz CT molecular complexity index is 1390. The fourth-order valence-electron chi connectivity index (χ4n) is 4.78. The molecule has 3 heterocycles. The summed E-state index contributed by atoms with van der Waals surface area (Å²) >= 11 is 6.29. The van der Waals surface area contributed by atoms with Gasteiger partial charge in [-0.05, 0) is 30.5 Å². The Morgan fingerprint density at radius 1 is 1.18 bits per heavy atom. The van der Waals surface area contributed by atoms with Gasteiger partial charge in [0.2, 0.25) is 0 Å². The molecule has 11 heteroatoms. The molecule has 4 rings (SSSR count). The first-order valence-corrected chi connectivity index (χ1v) is 13.6. The molecule has 0 bridgehead atoms. The van der Waals surface area contributed by atoms with E-state index >= 15 is 0 Å². The van der Waals surface area contributed by atoms with Crippen molar-refractivity contribution >= 4 is 52.1 Å². The summed E-state index contributed by atoms with van der Waals surface area (Å²) in [5.74, 6) is -0.973. The number of piperazine rings is 1. The van der Waals surface area contributed by atoms with Gasteiger partial charge in [-0.15, -0.1) is 0 Å². The lowest BCUT2D eigenvalue weighted by molar-refractivity contribution is -0.140. The number of hydrogen-bond acceptors (Lipinski definition) is 8. The summed E-state index contributed by atoms with van der Waals surface area (Å²) in [7, 11) is 0. The third-order valence-corrected chi connectivity index (χ3v) is 8.03. The van der Waals surface area contributed by atoms with E-state index in [1.165, 1.54) is 5.56 Å². The van der Waals surface area contributed by atoms with Crippen molar-refractivity contribution in [2.45, 2.75) is 33.4 Å². The number of aromatic nitrogens is 1. The highest BCUT2D eigenvalue weighted by Crippen LogP contribution is 2.36. The number of carbonyl (C=O) groups is 2. The number of nitriles is 1. The van der Waals surface area contributed by atoms with Gasteiger partial charge < -0.3 is 10.0 Å². The molecule has 2 saturated heterocycles. The number of thioether (sulfide) groups is 1. The molecule has 2 aromatic rings. The minimum absolute atomic E-state index is 0.0391. The van der Waals surface area contributed by atoms with Crippen molar-refractivity contribution in [2.24, 2.45) is 0 Å². The average molecular weight is 552 g/mol. The van der Waals surface area contributed by atoms with Crippen LogP contribution in [0.3, 0.4) is 0 Å². The van der Waals surface area contributed by atoms with Crippen LogP contribution in [-0.2, 0) is 22.7 Å². The molecular weight excluding hydrogens is 522 g/mol. The van der Waals surface area contributed by atoms with Gasteiger partial charge >= 0.3 is 5.97 Å². The number of benzene rings is 1. The van der Waals surface area contributed by atoms with Gasteiger partial charge in [0.15, 0.2) is 0 Å². The van der Waals surface area contributed by atoms with Gasteiger partial charge in [-0.3, -0.25) is 28.8 Å². The molecule has 0 atom stereocenters. The highest BCUT2D eigenvalue weighted by atomic mass is 32.2. The Morgan fingerprint density at radius 3 is 2.47 bits per heavy atom. The highest BCUT2D eigenvalue weighted by Gasteiger charge is 2.34. The summed E-state index contributed by atoms with van der Waals surface area (Å²) in [6.45, 7) is 7.34. The molecule has 2 aliphatic rings. The van der Waals surface area contributed by atoms with Gasteiger partial charge in [0.1, 0.15) is 28.3 Å². The molecule has 0 radical (unpaired) electrons. The maximum Gasteiger partial charge on any atom is 0.323 e. The smallest absolute Gasteiger partial charge is 0.323 e. The monoisotopic (exact) mass is 551 g/mol. The van der Waals surface area contributed by atoms with E-state index in [4.69, 9.17) is 12.2 Å². The lowest BCUT2D eigenvalue weighted by Crippen LogP contribution is -2.48. The van der Waals surface area contributed by atoms with E-state index in [1.54, 1.807) is 17.6 Å². The van der Waals surface area contributed by atoms with Crippen LogP contribution < -0.4 is 10.5 Å². The molecule has 1 aromatic carbocycles. The van der Waals surface area contributed by atoms with Crippen LogP contribution in [0.2, 0.25) is 0 Å². The summed E-state index contributed by atoms with van der Waals surface area (Å²) in [5, 5.41) is 19.0. The number of anilines is 1. The molecular formula is C27H29N5O4S2. The summed E-state index contributed by atoms with van der Waals surface area (Å²) in [6, 6.07) is 12.3. The van der Waals surface area contributed by atoms with Crippen LogP contribution in [0.25, 0.3) is 6.08 Å². The quantitative estimate of drug-likeness (QED) is 0.391. The number of amides is 1. The predicted molar refractivity (Wildman–Crippen MR) is 152 cm³/mol. The lowest BCUT2D eigenvalue weighted by Gasteiger charge is -2.38. The van der Waals surface area contributed by atoms with Crippen LogP contribution in [0.4, 0.5) is 5.82 Å². The molecule has 1 aromatic heterocycles. The van der Waals surface area contributed by atoms with Crippen molar-refractivity contribution in [2.75, 3.05) is 37.6 Å². The fraction of sp³-hybridized carbons (Fsp3) is 0.370. The van der Waals surface area contributed by atoms with Crippen molar-refractivity contribution in [3.63, 3.8) is 0 Å². The Kier molecular flexibility index (Phi) is 8.66. The third kappa shape index (κ3) is 5.67. The van der Waals surface area contributed by atoms with Crippen molar-refractivity contribution in [1.29, 1.82) is 5.26 Å². The van der Waals surface area contributed by atoms with Gasteiger partial charge in [-0.2, -0.15) is 5.26 Å². The first-order chi connectivity index (χ1) is 18.2. The Balaban J connectivity index is 1.74. The number of carboxylic acid groups (broad SMARTS) is 1. The molecule has 0 unspecified atom stereocenters. The van der Waals surface area contributed by atoms with E-state index in [0.29, 0.717) is 43.0 Å². The number of rotatable bonds is 8. The first-order valence-electron chi connectivity index (χ1n) is 12.4. The molecule has 2 fully saturated rings. The number of carboxylic acids is 1. The van der Waals surface area contributed by atoms with Crippen molar-refractivity contribution < 1.29 is 14.7 Å². The number of aliphatic carboxylic acids is 1. The Hall–Kier alpha value is -3.46. The minimum Gasteiger partial charge on any atom is -0.480 e. The van der Waals surface area contributed by atoms with Crippen molar-refractivity contribution in [3.05, 3.63) is 67.8 Å². The van der Waals surface area contributed by atoms with Crippen molar-refractivity contribution in [1.82, 2.24) is 14.4 Å². The van der Waals surface area contributed by atoms with E-state index in [9.17, 15) is 24.8 Å². The molecule has 0 saturated carbocycles. The number of hydrogen-bond donors (Lipinski definition) is 1. The van der Waals surface area contributed by atoms with Gasteiger partial charge in [-0.1, -0.05) is 61.2 Å². The summed E-state index contributed by atoms with van der Waals surface area (Å²) in [4.78, 5) is 43.5. The minimum atomic E-state index is -1.16. The van der Waals surface area contributed by atoms with E-state index < -0.39 is 18.4 Å². The summed E-state index contributed by atoms with van der Waals surface area (Å²) < 4.78 is 1.81. The van der Waals surface area contributed by atoms with Gasteiger partial charge in [-0.25, -0.2) is 0 Å². The van der Waals surface area contributed by atoms with E-state index in [0.717, 1.165) is 36.3 Å². The second kappa shape index (κ2) is 11.9. The van der Waals surface area contributed by atoms with Crippen LogP contribution >= 0.6 is 24.0 Å². The normalized spacial score (nSPS) is 17.3. The molecule has 1 amide bonds. The molecule has 198 valence electrons. The molecule has 0 aliphatic carbocycles. The fourth-order valence-corrected chi connectivity index (χ4v) is 6.01. The number of pyridine rings is 1. The van der Waals surface area contributed by atoms with Crippen LogP contribution in [0.5, 0.6) is 0 Å². The molecule has 0 spiro atoms. The van der Waals surface area contributed by atoms with Gasteiger partial charge in [0, 0.05) is 44.8 Å². The van der Waals surface area contributed by atoms with Crippen LogP contribution in [-0.4, -0.2) is 68.4 Å². The van der Waals surface area contributed by atoms with Crippen molar-refractivity contribution in [3.8, 4) is 6.07 Å². The number of thiocarbonyl (C=S) groups is 1. The van der Waals surface area contributed by atoms with E-state index in [2.05, 4.69) is 28.0 Å². The molecule has 9 nitrogen and oxygen atoms in total. The van der Waals surface area contributed by atoms with E-state index in [-0.39, 0.29) is 20.3 Å². The molecule has 1 N–H and O–H groups in total. The van der Waals surface area contributed by atoms with Gasteiger partial charge in [0.25, 0.3) is 11.5 Å².